The first-order chi connectivity index (χ1) is 17.0. The molecule has 8 heteroatoms. The Bertz CT molecular complexity index is 1400. The fraction of sp³-hybridized carbons (Fsp3) is 0.259. The van der Waals surface area contributed by atoms with Gasteiger partial charge in [-0.05, 0) is 56.4 Å². The van der Waals surface area contributed by atoms with Crippen molar-refractivity contribution in [3.8, 4) is 0 Å². The van der Waals surface area contributed by atoms with Crippen LogP contribution in [0.3, 0.4) is 0 Å². The number of hydrogen-bond acceptors (Lipinski definition) is 6. The van der Waals surface area contributed by atoms with E-state index in [1.165, 1.54) is 22.9 Å². The minimum Gasteiger partial charge on any atom is -0.443 e. The Morgan fingerprint density at radius 1 is 1.06 bits per heavy atom. The Balaban J connectivity index is 1.33. The van der Waals surface area contributed by atoms with Crippen molar-refractivity contribution in [1.82, 2.24) is 15.3 Å². The van der Waals surface area contributed by atoms with E-state index in [2.05, 4.69) is 32.7 Å². The Kier molecular flexibility index (Phi) is 6.55. The maximum absolute atomic E-state index is 12.8. The zero-order valence-corrected chi connectivity index (χ0v) is 20.4. The molecule has 2 N–H and O–H groups in total. The lowest BCUT2D eigenvalue weighted by molar-refractivity contribution is -0.119. The second-order valence-electron chi connectivity index (χ2n) is 8.64. The van der Waals surface area contributed by atoms with Crippen LogP contribution in [0.15, 0.2) is 64.2 Å². The van der Waals surface area contributed by atoms with E-state index in [1.807, 2.05) is 44.2 Å². The average molecular weight is 487 g/mol. The summed E-state index contributed by atoms with van der Waals surface area (Å²) in [4.78, 5) is 34.7. The smallest absolute Gasteiger partial charge is 0.256 e. The van der Waals surface area contributed by atoms with Gasteiger partial charge >= 0.3 is 0 Å². The molecule has 1 unspecified atom stereocenters. The number of aromatic nitrogens is 2. The molecule has 1 atom stereocenters. The number of carbonyl (C=O) groups is 2. The lowest BCUT2D eigenvalue weighted by atomic mass is 9.88. The number of nitrogens with zero attached hydrogens (tertiary/aromatic N) is 2. The number of amides is 2. The number of thioether (sulfide) groups is 1. The van der Waals surface area contributed by atoms with Crippen LogP contribution < -0.4 is 10.6 Å². The van der Waals surface area contributed by atoms with Gasteiger partial charge in [-0.1, -0.05) is 54.2 Å². The predicted molar refractivity (Wildman–Crippen MR) is 137 cm³/mol. The summed E-state index contributed by atoms with van der Waals surface area (Å²) >= 11 is 1.22. The standard InChI is InChI=1S/C27H26N4O3S/c1-16-17(2)34-26-23(16)24(29-25(33)19-10-4-3-5-11-19)30-27(31-26)35-15-22(32)28-21-14-8-12-18-9-6-7-13-20(18)21/h3-7,9-11,13,21H,8,12,14-15H2,1-2H3,(H,28,32)(H,29,30,31,33). The van der Waals surface area contributed by atoms with Gasteiger partial charge in [0.1, 0.15) is 11.6 Å². The maximum Gasteiger partial charge on any atom is 0.256 e. The molecule has 0 fully saturated rings. The van der Waals surface area contributed by atoms with E-state index in [4.69, 9.17) is 4.42 Å². The highest BCUT2D eigenvalue weighted by Crippen LogP contribution is 2.32. The number of rotatable bonds is 6. The van der Waals surface area contributed by atoms with Crippen molar-refractivity contribution in [1.29, 1.82) is 0 Å². The van der Waals surface area contributed by atoms with E-state index in [-0.39, 0.29) is 23.6 Å². The van der Waals surface area contributed by atoms with Gasteiger partial charge in [-0.3, -0.25) is 9.59 Å². The van der Waals surface area contributed by atoms with Crippen molar-refractivity contribution >= 4 is 40.5 Å². The lowest BCUT2D eigenvalue weighted by Gasteiger charge is -2.26. The molecule has 2 amide bonds. The summed E-state index contributed by atoms with van der Waals surface area (Å²) in [6.45, 7) is 3.76. The highest BCUT2D eigenvalue weighted by molar-refractivity contribution is 7.99. The first-order valence-electron chi connectivity index (χ1n) is 11.6. The van der Waals surface area contributed by atoms with Crippen LogP contribution in [-0.2, 0) is 11.2 Å². The van der Waals surface area contributed by atoms with E-state index in [0.29, 0.717) is 33.4 Å². The summed E-state index contributed by atoms with van der Waals surface area (Å²) < 4.78 is 5.82. The molecule has 0 aliphatic heterocycles. The number of fused-ring (bicyclic) bond motifs is 2. The monoisotopic (exact) mass is 486 g/mol. The molecule has 35 heavy (non-hydrogen) atoms. The zero-order chi connectivity index (χ0) is 24.4. The van der Waals surface area contributed by atoms with Crippen molar-refractivity contribution in [2.45, 2.75) is 44.3 Å². The predicted octanol–water partition coefficient (Wildman–Crippen LogP) is 5.38. The van der Waals surface area contributed by atoms with Crippen LogP contribution in [0.25, 0.3) is 11.1 Å². The molecule has 0 saturated carbocycles. The van der Waals surface area contributed by atoms with Crippen molar-refractivity contribution < 1.29 is 14.0 Å². The molecule has 0 radical (unpaired) electrons. The van der Waals surface area contributed by atoms with Crippen LogP contribution in [0.2, 0.25) is 0 Å². The van der Waals surface area contributed by atoms with Crippen molar-refractivity contribution in [2.24, 2.45) is 0 Å². The van der Waals surface area contributed by atoms with Crippen molar-refractivity contribution in [3.63, 3.8) is 0 Å². The molecule has 2 aromatic carbocycles. The Hall–Kier alpha value is -3.65. The van der Waals surface area contributed by atoms with Gasteiger partial charge in [0.25, 0.3) is 5.91 Å². The second kappa shape index (κ2) is 9.92. The highest BCUT2D eigenvalue weighted by Gasteiger charge is 2.22. The first-order valence-corrected chi connectivity index (χ1v) is 12.6. The molecule has 5 rings (SSSR count). The molecule has 7 nitrogen and oxygen atoms in total. The van der Waals surface area contributed by atoms with Gasteiger partial charge < -0.3 is 15.1 Å². The largest absolute Gasteiger partial charge is 0.443 e. The summed E-state index contributed by atoms with van der Waals surface area (Å²) in [6.07, 6.45) is 3.03. The molecule has 0 bridgehead atoms. The molecule has 0 saturated heterocycles. The normalized spacial score (nSPS) is 15.0. The van der Waals surface area contributed by atoms with Gasteiger partial charge in [0, 0.05) is 11.1 Å². The average Bonchev–Trinajstić information content (AvgIpc) is 3.16. The molecule has 1 aliphatic rings. The van der Waals surface area contributed by atoms with E-state index in [0.717, 1.165) is 24.8 Å². The molecule has 178 valence electrons. The third-order valence-electron chi connectivity index (χ3n) is 6.31. The van der Waals surface area contributed by atoms with Gasteiger partial charge in [0.15, 0.2) is 5.16 Å². The summed E-state index contributed by atoms with van der Waals surface area (Å²) in [5.74, 6) is 0.896. The number of benzene rings is 2. The van der Waals surface area contributed by atoms with E-state index in [1.54, 1.807) is 12.1 Å². The van der Waals surface area contributed by atoms with Crippen LogP contribution in [0.5, 0.6) is 0 Å². The van der Waals surface area contributed by atoms with Gasteiger partial charge in [-0.2, -0.15) is 4.98 Å². The van der Waals surface area contributed by atoms with Crippen LogP contribution >= 0.6 is 11.8 Å². The van der Waals surface area contributed by atoms with Gasteiger partial charge in [0.05, 0.1) is 17.2 Å². The van der Waals surface area contributed by atoms with Gasteiger partial charge in [-0.25, -0.2) is 4.98 Å². The van der Waals surface area contributed by atoms with E-state index >= 15 is 0 Å². The molecule has 2 heterocycles. The summed E-state index contributed by atoms with van der Waals surface area (Å²) in [5, 5.41) is 7.09. The van der Waals surface area contributed by atoms with Crippen molar-refractivity contribution in [2.75, 3.05) is 11.1 Å². The number of anilines is 1. The number of carbonyl (C=O) groups excluding carboxylic acids is 2. The van der Waals surface area contributed by atoms with E-state index in [9.17, 15) is 9.59 Å². The summed E-state index contributed by atoms with van der Waals surface area (Å²) in [5.41, 5.74) is 4.28. The fourth-order valence-electron chi connectivity index (χ4n) is 4.42. The number of hydrogen-bond donors (Lipinski definition) is 2. The highest BCUT2D eigenvalue weighted by atomic mass is 32.2. The second-order valence-corrected chi connectivity index (χ2v) is 9.58. The first kappa shape index (κ1) is 23.1. The molecule has 4 aromatic rings. The van der Waals surface area contributed by atoms with Crippen LogP contribution in [0.1, 0.15) is 51.7 Å². The maximum atomic E-state index is 12.8. The molecular weight excluding hydrogens is 460 g/mol. The summed E-state index contributed by atoms with van der Waals surface area (Å²) in [7, 11) is 0. The van der Waals surface area contributed by atoms with E-state index < -0.39 is 0 Å². The topological polar surface area (TPSA) is 97.1 Å². The Morgan fingerprint density at radius 3 is 2.66 bits per heavy atom. The lowest BCUT2D eigenvalue weighted by Crippen LogP contribution is -2.32. The number of aryl methyl sites for hydroxylation is 3. The minimum absolute atomic E-state index is 0.0209. The molecule has 0 spiro atoms. The van der Waals surface area contributed by atoms with Gasteiger partial charge in [-0.15, -0.1) is 0 Å². The minimum atomic E-state index is -0.270. The summed E-state index contributed by atoms with van der Waals surface area (Å²) in [6, 6.07) is 17.2. The molecule has 1 aliphatic carbocycles. The molecular formula is C27H26N4O3S. The zero-order valence-electron chi connectivity index (χ0n) is 19.6. The van der Waals surface area contributed by atoms with Gasteiger partial charge in [0.2, 0.25) is 11.6 Å². The quantitative estimate of drug-likeness (QED) is 0.281. The number of nitrogens with one attached hydrogen (secondary N) is 2. The Labute approximate surface area is 207 Å². The third kappa shape index (κ3) is 4.93. The molecule has 2 aromatic heterocycles. The SMILES string of the molecule is Cc1oc2nc(SCC(=O)NC3CCCc4ccccc43)nc(NC(=O)c3ccccc3)c2c1C. The third-order valence-corrected chi connectivity index (χ3v) is 7.16. The van der Waals surface area contributed by atoms with Crippen molar-refractivity contribution in [3.05, 3.63) is 82.6 Å². The van der Waals surface area contributed by atoms with Crippen LogP contribution in [0.4, 0.5) is 5.82 Å². The Morgan fingerprint density at radius 2 is 1.83 bits per heavy atom. The fourth-order valence-corrected chi connectivity index (χ4v) is 5.07. The van der Waals surface area contributed by atoms with Crippen LogP contribution in [-0.4, -0.2) is 27.5 Å². The van der Waals surface area contributed by atoms with Crippen LogP contribution in [0, 0.1) is 13.8 Å². The number of furan rings is 1.